The molecule has 0 radical (unpaired) electrons. The van der Waals surface area contributed by atoms with E-state index < -0.39 is 17.5 Å². The summed E-state index contributed by atoms with van der Waals surface area (Å²) in [5.74, 6) is -1.03. The third kappa shape index (κ3) is 3.52. The van der Waals surface area contributed by atoms with E-state index in [2.05, 4.69) is 5.32 Å². The average molecular weight is 407 g/mol. The largest absolute Gasteiger partial charge is 0.462 e. The molecule has 0 aliphatic carbocycles. The molecule has 0 fully saturated rings. The molecule has 1 N–H and O–H groups in total. The van der Waals surface area contributed by atoms with Crippen molar-refractivity contribution in [2.24, 2.45) is 0 Å². The molecule has 6 nitrogen and oxygen atoms in total. The van der Waals surface area contributed by atoms with Crippen LogP contribution in [0.15, 0.2) is 57.7 Å². The molecule has 0 aliphatic rings. The number of esters is 1. The van der Waals surface area contributed by atoms with Crippen molar-refractivity contribution in [3.05, 3.63) is 75.0 Å². The maximum absolute atomic E-state index is 12.8. The van der Waals surface area contributed by atoms with Crippen molar-refractivity contribution in [2.45, 2.75) is 13.8 Å². The molecule has 2 aromatic carbocycles. The lowest BCUT2D eigenvalue weighted by atomic mass is 10.0. The standard InChI is InChI=1S/C22H17NO5S/c1-3-27-22(26)19-12(2)10-18(29-19)23-20(24)16-11-15-14-7-5-4-6-13(14)8-9-17(15)28-21(16)25/h4-11H,3H2,1-2H3,(H,23,24). The lowest BCUT2D eigenvalue weighted by Crippen LogP contribution is -2.20. The summed E-state index contributed by atoms with van der Waals surface area (Å²) < 4.78 is 10.4. The maximum Gasteiger partial charge on any atom is 0.349 e. The number of amides is 1. The van der Waals surface area contributed by atoms with Gasteiger partial charge >= 0.3 is 11.6 Å². The highest BCUT2D eigenvalue weighted by Crippen LogP contribution is 2.28. The third-order valence-electron chi connectivity index (χ3n) is 4.50. The van der Waals surface area contributed by atoms with Gasteiger partial charge in [-0.3, -0.25) is 4.79 Å². The van der Waals surface area contributed by atoms with Crippen LogP contribution in [0, 0.1) is 6.92 Å². The van der Waals surface area contributed by atoms with Crippen molar-refractivity contribution >= 4 is 50.0 Å². The zero-order valence-corrected chi connectivity index (χ0v) is 16.6. The minimum Gasteiger partial charge on any atom is -0.462 e. The Hall–Kier alpha value is -3.45. The molecule has 7 heteroatoms. The van der Waals surface area contributed by atoms with Gasteiger partial charge in [0, 0.05) is 5.39 Å². The van der Waals surface area contributed by atoms with Gasteiger partial charge in [-0.1, -0.05) is 30.3 Å². The van der Waals surface area contributed by atoms with E-state index in [0.29, 0.717) is 26.4 Å². The van der Waals surface area contributed by atoms with E-state index in [4.69, 9.17) is 9.15 Å². The van der Waals surface area contributed by atoms with Gasteiger partial charge in [0.15, 0.2) is 0 Å². The van der Waals surface area contributed by atoms with Crippen molar-refractivity contribution in [3.8, 4) is 0 Å². The molecule has 0 bridgehead atoms. The Kier molecular flexibility index (Phi) is 4.90. The lowest BCUT2D eigenvalue weighted by Gasteiger charge is -2.06. The molecule has 29 heavy (non-hydrogen) atoms. The fourth-order valence-electron chi connectivity index (χ4n) is 3.15. The number of carbonyl (C=O) groups excluding carboxylic acids is 2. The number of benzene rings is 2. The zero-order chi connectivity index (χ0) is 20.5. The number of thiophene rings is 1. The van der Waals surface area contributed by atoms with Crippen LogP contribution < -0.4 is 10.9 Å². The third-order valence-corrected chi connectivity index (χ3v) is 5.63. The number of ether oxygens (including phenoxy) is 1. The molecular weight excluding hydrogens is 390 g/mol. The average Bonchev–Trinajstić information content (AvgIpc) is 3.07. The molecule has 2 heterocycles. The van der Waals surface area contributed by atoms with Crippen LogP contribution in [-0.2, 0) is 4.74 Å². The summed E-state index contributed by atoms with van der Waals surface area (Å²) in [4.78, 5) is 37.5. The molecule has 0 unspecified atom stereocenters. The van der Waals surface area contributed by atoms with Crippen LogP contribution in [0.2, 0.25) is 0 Å². The minimum absolute atomic E-state index is 0.0995. The van der Waals surface area contributed by atoms with Crippen molar-refractivity contribution in [1.82, 2.24) is 0 Å². The summed E-state index contributed by atoms with van der Waals surface area (Å²) in [6.07, 6.45) is 0. The van der Waals surface area contributed by atoms with E-state index in [9.17, 15) is 14.4 Å². The van der Waals surface area contributed by atoms with Gasteiger partial charge in [-0.2, -0.15) is 0 Å². The summed E-state index contributed by atoms with van der Waals surface area (Å²) in [7, 11) is 0. The number of carbonyl (C=O) groups is 2. The van der Waals surface area contributed by atoms with E-state index in [1.165, 1.54) is 0 Å². The van der Waals surface area contributed by atoms with Crippen LogP contribution in [0.25, 0.3) is 21.7 Å². The molecule has 146 valence electrons. The fraction of sp³-hybridized carbons (Fsp3) is 0.136. The second-order valence-electron chi connectivity index (χ2n) is 6.44. The molecule has 0 saturated carbocycles. The topological polar surface area (TPSA) is 85.6 Å². The first kappa shape index (κ1) is 18.9. The highest BCUT2D eigenvalue weighted by Gasteiger charge is 2.19. The monoisotopic (exact) mass is 407 g/mol. The molecule has 0 atom stereocenters. The number of hydrogen-bond acceptors (Lipinski definition) is 6. The molecule has 4 aromatic rings. The Morgan fingerprint density at radius 1 is 1.10 bits per heavy atom. The molecule has 0 saturated heterocycles. The normalized spacial score (nSPS) is 11.0. The smallest absolute Gasteiger partial charge is 0.349 e. The van der Waals surface area contributed by atoms with Crippen LogP contribution in [0.3, 0.4) is 0 Å². The lowest BCUT2D eigenvalue weighted by molar-refractivity contribution is 0.0531. The van der Waals surface area contributed by atoms with E-state index >= 15 is 0 Å². The van der Waals surface area contributed by atoms with Crippen molar-refractivity contribution in [3.63, 3.8) is 0 Å². The van der Waals surface area contributed by atoms with E-state index in [1.54, 1.807) is 32.0 Å². The molecule has 0 spiro atoms. The van der Waals surface area contributed by atoms with Gasteiger partial charge in [-0.25, -0.2) is 9.59 Å². The van der Waals surface area contributed by atoms with Gasteiger partial charge in [0.05, 0.1) is 11.6 Å². The second kappa shape index (κ2) is 7.52. The second-order valence-corrected chi connectivity index (χ2v) is 7.50. The number of hydrogen-bond donors (Lipinski definition) is 1. The van der Waals surface area contributed by atoms with Crippen molar-refractivity contribution in [1.29, 1.82) is 0 Å². The van der Waals surface area contributed by atoms with Gasteiger partial charge in [-0.15, -0.1) is 11.3 Å². The van der Waals surface area contributed by atoms with Gasteiger partial charge in [0.1, 0.15) is 16.0 Å². The summed E-state index contributed by atoms with van der Waals surface area (Å²) in [6.45, 7) is 3.76. The SMILES string of the molecule is CCOC(=O)c1sc(NC(=O)c2cc3c(ccc4ccccc43)oc2=O)cc1C. The predicted octanol–water partition coefficient (Wildman–Crippen LogP) is 4.75. The van der Waals surface area contributed by atoms with Gasteiger partial charge in [0.2, 0.25) is 0 Å². The Bertz CT molecular complexity index is 1320. The van der Waals surface area contributed by atoms with Crippen molar-refractivity contribution in [2.75, 3.05) is 11.9 Å². The molecule has 1 amide bonds. The van der Waals surface area contributed by atoms with Gasteiger partial charge in [0.25, 0.3) is 5.91 Å². The predicted molar refractivity (Wildman–Crippen MR) is 113 cm³/mol. The van der Waals surface area contributed by atoms with E-state index in [-0.39, 0.29) is 12.2 Å². The summed E-state index contributed by atoms with van der Waals surface area (Å²) in [5.41, 5.74) is 0.295. The first-order valence-electron chi connectivity index (χ1n) is 9.02. The first-order valence-corrected chi connectivity index (χ1v) is 9.84. The number of anilines is 1. The van der Waals surface area contributed by atoms with Crippen LogP contribution in [-0.4, -0.2) is 18.5 Å². The van der Waals surface area contributed by atoms with E-state index in [1.807, 2.05) is 30.3 Å². The molecule has 2 aromatic heterocycles. The summed E-state index contributed by atoms with van der Waals surface area (Å²) >= 11 is 1.10. The van der Waals surface area contributed by atoms with Gasteiger partial charge in [-0.05, 0) is 48.4 Å². The summed E-state index contributed by atoms with van der Waals surface area (Å²) in [5, 5.41) is 5.68. The Morgan fingerprint density at radius 3 is 2.69 bits per heavy atom. The Balaban J connectivity index is 1.71. The number of fused-ring (bicyclic) bond motifs is 3. The van der Waals surface area contributed by atoms with Crippen LogP contribution in [0.4, 0.5) is 5.00 Å². The van der Waals surface area contributed by atoms with Crippen LogP contribution in [0.5, 0.6) is 0 Å². The zero-order valence-electron chi connectivity index (χ0n) is 15.8. The molecule has 4 rings (SSSR count). The van der Waals surface area contributed by atoms with Crippen LogP contribution in [0.1, 0.15) is 32.5 Å². The molecule has 0 aliphatic heterocycles. The minimum atomic E-state index is -0.718. The number of aryl methyl sites for hydroxylation is 1. The van der Waals surface area contributed by atoms with Crippen molar-refractivity contribution < 1.29 is 18.7 Å². The highest BCUT2D eigenvalue weighted by molar-refractivity contribution is 7.18. The number of nitrogens with one attached hydrogen (secondary N) is 1. The quantitative estimate of drug-likeness (QED) is 0.300. The Morgan fingerprint density at radius 2 is 1.90 bits per heavy atom. The highest BCUT2D eigenvalue weighted by atomic mass is 32.1. The number of rotatable bonds is 4. The Labute approximate surface area is 169 Å². The maximum atomic E-state index is 12.8. The van der Waals surface area contributed by atoms with E-state index in [0.717, 1.165) is 22.1 Å². The van der Waals surface area contributed by atoms with Crippen LogP contribution >= 0.6 is 11.3 Å². The summed E-state index contributed by atoms with van der Waals surface area (Å²) in [6, 6.07) is 14.5. The molecular formula is C22H17NO5S. The van der Waals surface area contributed by atoms with Gasteiger partial charge < -0.3 is 14.5 Å². The first-order chi connectivity index (χ1) is 14.0. The fourth-order valence-corrected chi connectivity index (χ4v) is 4.11.